The fraction of sp³-hybridized carbons (Fsp3) is 0.381. The Morgan fingerprint density at radius 3 is 2.79 bits per heavy atom. The summed E-state index contributed by atoms with van der Waals surface area (Å²) >= 11 is 12.5. The number of hydrogen-bond acceptors (Lipinski definition) is 4. The van der Waals surface area contributed by atoms with Crippen molar-refractivity contribution in [2.45, 2.75) is 25.8 Å². The molecule has 0 saturated carbocycles. The lowest BCUT2D eigenvalue weighted by Gasteiger charge is -2.26. The van der Waals surface area contributed by atoms with Crippen molar-refractivity contribution in [2.75, 3.05) is 31.6 Å². The fourth-order valence-corrected chi connectivity index (χ4v) is 4.26. The third kappa shape index (κ3) is 3.93. The topological polar surface area (TPSA) is 50.8 Å². The quantitative estimate of drug-likeness (QED) is 0.767. The van der Waals surface area contributed by atoms with Crippen LogP contribution in [0.1, 0.15) is 30.0 Å². The van der Waals surface area contributed by atoms with Crippen molar-refractivity contribution in [1.82, 2.24) is 4.90 Å². The fourth-order valence-electron chi connectivity index (χ4n) is 3.79. The van der Waals surface area contributed by atoms with Crippen molar-refractivity contribution in [2.24, 2.45) is 0 Å². The summed E-state index contributed by atoms with van der Waals surface area (Å²) < 4.78 is 11.3. The second-order valence-corrected chi connectivity index (χ2v) is 7.92. The molecule has 148 valence electrons. The highest BCUT2D eigenvalue weighted by Gasteiger charge is 2.29. The van der Waals surface area contributed by atoms with Crippen LogP contribution in [-0.2, 0) is 4.79 Å². The van der Waals surface area contributed by atoms with E-state index < -0.39 is 0 Å². The minimum atomic E-state index is -0.126. The monoisotopic (exact) mass is 420 g/mol. The molecule has 0 radical (unpaired) electrons. The number of fused-ring (bicyclic) bond motifs is 1. The second kappa shape index (κ2) is 8.19. The standard InChI is InChI=1S/C21H22Cl2N2O3/c1-13-4-6-15(22)21(20(13)23)24-19(26)12-25-8-2-3-16(25)14-5-7-17-18(11-14)28-10-9-27-17/h4-7,11,16H,2-3,8-10,12H2,1H3,(H,24,26)/t16-/m1/s1. The van der Waals surface area contributed by atoms with Gasteiger partial charge in [-0.2, -0.15) is 0 Å². The minimum Gasteiger partial charge on any atom is -0.486 e. The zero-order valence-corrected chi connectivity index (χ0v) is 17.1. The maximum absolute atomic E-state index is 12.7. The molecule has 0 spiro atoms. The van der Waals surface area contributed by atoms with Crippen LogP contribution in [0.3, 0.4) is 0 Å². The smallest absolute Gasteiger partial charge is 0.238 e. The number of hydrogen-bond donors (Lipinski definition) is 1. The first-order valence-electron chi connectivity index (χ1n) is 9.41. The maximum Gasteiger partial charge on any atom is 0.238 e. The van der Waals surface area contributed by atoms with Crippen LogP contribution in [0.2, 0.25) is 10.0 Å². The van der Waals surface area contributed by atoms with Gasteiger partial charge < -0.3 is 14.8 Å². The van der Waals surface area contributed by atoms with Crippen LogP contribution < -0.4 is 14.8 Å². The molecular formula is C21H22Cl2N2O3. The van der Waals surface area contributed by atoms with Gasteiger partial charge >= 0.3 is 0 Å². The number of nitrogens with zero attached hydrogens (tertiary/aromatic N) is 1. The van der Waals surface area contributed by atoms with Gasteiger partial charge in [0.1, 0.15) is 13.2 Å². The Kier molecular flexibility index (Phi) is 5.67. The second-order valence-electron chi connectivity index (χ2n) is 7.13. The van der Waals surface area contributed by atoms with Crippen LogP contribution in [0, 0.1) is 6.92 Å². The van der Waals surface area contributed by atoms with Crippen LogP contribution >= 0.6 is 23.2 Å². The highest BCUT2D eigenvalue weighted by atomic mass is 35.5. The molecule has 1 N–H and O–H groups in total. The van der Waals surface area contributed by atoms with E-state index in [0.717, 1.165) is 42.0 Å². The van der Waals surface area contributed by atoms with Crippen molar-refractivity contribution < 1.29 is 14.3 Å². The number of carbonyl (C=O) groups is 1. The number of amides is 1. The lowest BCUT2D eigenvalue weighted by Crippen LogP contribution is -2.33. The van der Waals surface area contributed by atoms with Gasteiger partial charge in [-0.1, -0.05) is 35.3 Å². The number of halogens is 2. The van der Waals surface area contributed by atoms with Crippen molar-refractivity contribution in [3.63, 3.8) is 0 Å². The first-order chi connectivity index (χ1) is 13.5. The van der Waals surface area contributed by atoms with E-state index in [1.807, 2.05) is 25.1 Å². The molecule has 2 aliphatic heterocycles. The van der Waals surface area contributed by atoms with Gasteiger partial charge in [0.05, 0.1) is 22.3 Å². The molecule has 0 bridgehead atoms. The summed E-state index contributed by atoms with van der Waals surface area (Å²) in [5, 5.41) is 3.80. The predicted molar refractivity (Wildman–Crippen MR) is 111 cm³/mol. The van der Waals surface area contributed by atoms with E-state index in [-0.39, 0.29) is 18.5 Å². The Hall–Kier alpha value is -1.95. The molecule has 1 saturated heterocycles. The number of anilines is 1. The maximum atomic E-state index is 12.7. The van der Waals surface area contributed by atoms with Crippen LogP contribution in [0.15, 0.2) is 30.3 Å². The van der Waals surface area contributed by atoms with E-state index in [2.05, 4.69) is 16.3 Å². The summed E-state index contributed by atoms with van der Waals surface area (Å²) in [5.74, 6) is 1.43. The van der Waals surface area contributed by atoms with Gasteiger partial charge in [0.2, 0.25) is 5.91 Å². The number of aryl methyl sites for hydroxylation is 1. The molecule has 0 unspecified atom stereocenters. The molecule has 0 aliphatic carbocycles. The zero-order valence-electron chi connectivity index (χ0n) is 15.6. The molecule has 1 fully saturated rings. The van der Waals surface area contributed by atoms with Crippen LogP contribution in [0.25, 0.3) is 0 Å². The Bertz CT molecular complexity index is 903. The molecule has 2 aromatic carbocycles. The molecule has 0 aromatic heterocycles. The van der Waals surface area contributed by atoms with Crippen molar-refractivity contribution in [1.29, 1.82) is 0 Å². The molecule has 5 nitrogen and oxygen atoms in total. The summed E-state index contributed by atoms with van der Waals surface area (Å²) in [6, 6.07) is 9.79. The average molecular weight is 421 g/mol. The molecule has 1 atom stereocenters. The number of carbonyl (C=O) groups excluding carboxylic acids is 1. The number of likely N-dealkylation sites (tertiary alicyclic amines) is 1. The van der Waals surface area contributed by atoms with E-state index in [0.29, 0.717) is 28.9 Å². The summed E-state index contributed by atoms with van der Waals surface area (Å²) in [5.41, 5.74) is 2.49. The third-order valence-corrected chi connectivity index (χ3v) is 6.01. The van der Waals surface area contributed by atoms with Gasteiger partial charge in [0, 0.05) is 6.04 Å². The van der Waals surface area contributed by atoms with Gasteiger partial charge in [0.15, 0.2) is 11.5 Å². The Morgan fingerprint density at radius 2 is 1.96 bits per heavy atom. The number of ether oxygens (including phenoxy) is 2. The largest absolute Gasteiger partial charge is 0.486 e. The highest BCUT2D eigenvalue weighted by molar-refractivity contribution is 6.40. The summed E-state index contributed by atoms with van der Waals surface area (Å²) in [6.07, 6.45) is 2.04. The van der Waals surface area contributed by atoms with E-state index in [1.165, 1.54) is 0 Å². The van der Waals surface area contributed by atoms with E-state index in [9.17, 15) is 4.79 Å². The minimum absolute atomic E-state index is 0.126. The number of rotatable bonds is 4. The van der Waals surface area contributed by atoms with Gasteiger partial charge in [0.25, 0.3) is 0 Å². The predicted octanol–water partition coefficient (Wildman–Crippen LogP) is 4.85. The van der Waals surface area contributed by atoms with Crippen LogP contribution in [-0.4, -0.2) is 37.1 Å². The normalized spacial score (nSPS) is 18.9. The molecule has 4 rings (SSSR count). The molecule has 7 heteroatoms. The molecule has 28 heavy (non-hydrogen) atoms. The number of benzene rings is 2. The first-order valence-corrected chi connectivity index (χ1v) is 10.2. The zero-order chi connectivity index (χ0) is 19.7. The average Bonchev–Trinajstić information content (AvgIpc) is 3.16. The number of nitrogens with one attached hydrogen (secondary N) is 1. The van der Waals surface area contributed by atoms with Gasteiger partial charge in [-0.05, 0) is 55.6 Å². The lowest BCUT2D eigenvalue weighted by molar-refractivity contribution is -0.117. The van der Waals surface area contributed by atoms with Crippen molar-refractivity contribution in [3.05, 3.63) is 51.5 Å². The molecule has 2 aromatic rings. The molecule has 2 aliphatic rings. The molecule has 1 amide bonds. The van der Waals surface area contributed by atoms with Crippen LogP contribution in [0.4, 0.5) is 5.69 Å². The summed E-state index contributed by atoms with van der Waals surface area (Å²) in [7, 11) is 0. The van der Waals surface area contributed by atoms with E-state index in [4.69, 9.17) is 32.7 Å². The highest BCUT2D eigenvalue weighted by Crippen LogP contribution is 2.38. The Morgan fingerprint density at radius 1 is 1.18 bits per heavy atom. The summed E-state index contributed by atoms with van der Waals surface area (Å²) in [4.78, 5) is 14.9. The Balaban J connectivity index is 1.47. The van der Waals surface area contributed by atoms with Gasteiger partial charge in [-0.25, -0.2) is 0 Å². The molecular weight excluding hydrogens is 399 g/mol. The van der Waals surface area contributed by atoms with Crippen molar-refractivity contribution >= 4 is 34.8 Å². The summed E-state index contributed by atoms with van der Waals surface area (Å²) in [6.45, 7) is 4.16. The van der Waals surface area contributed by atoms with Gasteiger partial charge in [-0.15, -0.1) is 0 Å². The van der Waals surface area contributed by atoms with E-state index in [1.54, 1.807) is 6.07 Å². The molecule has 2 heterocycles. The van der Waals surface area contributed by atoms with Gasteiger partial charge in [-0.3, -0.25) is 9.69 Å². The first kappa shape index (κ1) is 19.4. The lowest BCUT2D eigenvalue weighted by atomic mass is 10.0. The van der Waals surface area contributed by atoms with E-state index >= 15 is 0 Å². The SMILES string of the molecule is Cc1ccc(Cl)c(NC(=O)CN2CCC[C@@H]2c2ccc3c(c2)OCCO3)c1Cl. The Labute approximate surface area is 174 Å². The third-order valence-electron chi connectivity index (χ3n) is 5.21. The van der Waals surface area contributed by atoms with Crippen molar-refractivity contribution in [3.8, 4) is 11.5 Å². The van der Waals surface area contributed by atoms with Crippen LogP contribution in [0.5, 0.6) is 11.5 Å².